The molecule has 4 rings (SSSR count). The van der Waals surface area contributed by atoms with Gasteiger partial charge in [-0.15, -0.1) is 0 Å². The highest BCUT2D eigenvalue weighted by atomic mass is 16.2. The SMILES string of the molecule is CN[C@@H](C)C(=O)N[C@H](C(=O)N1CCC[C@H]1CN(C[C@H](C)c1ccccc1)C(=O)CCCCCCCCC(=O)N(C[C@@H]1CCCN1C(=O)[C@@H](NC(=O)[C@H](C)NC)C(C)(C)C)C[C@H](C)c1ccccc1)C(C)(C)C. The van der Waals surface area contributed by atoms with Crippen molar-refractivity contribution in [1.29, 1.82) is 0 Å². The van der Waals surface area contributed by atoms with Gasteiger partial charge < -0.3 is 40.9 Å². The monoisotopic (exact) mass is 999 g/mol. The lowest BCUT2D eigenvalue weighted by atomic mass is 9.85. The largest absolute Gasteiger partial charge is 0.342 e. The first-order chi connectivity index (χ1) is 34.1. The van der Waals surface area contributed by atoms with Gasteiger partial charge in [-0.2, -0.15) is 0 Å². The lowest BCUT2D eigenvalue weighted by Gasteiger charge is -2.38. The maximum Gasteiger partial charge on any atom is 0.246 e. The Bertz CT molecular complexity index is 1880. The summed E-state index contributed by atoms with van der Waals surface area (Å²) in [7, 11) is 3.45. The molecule has 0 bridgehead atoms. The molecule has 2 aromatic rings. The highest BCUT2D eigenvalue weighted by Crippen LogP contribution is 2.30. The van der Waals surface area contributed by atoms with E-state index in [-0.39, 0.29) is 59.4 Å². The summed E-state index contributed by atoms with van der Waals surface area (Å²) in [6.07, 6.45) is 9.41. The van der Waals surface area contributed by atoms with Gasteiger partial charge in [-0.1, -0.05) is 142 Å². The summed E-state index contributed by atoms with van der Waals surface area (Å²) in [5.41, 5.74) is 1.32. The second-order valence-electron chi connectivity index (χ2n) is 23.1. The molecule has 402 valence electrons. The lowest BCUT2D eigenvalue weighted by molar-refractivity contribution is -0.142. The van der Waals surface area contributed by atoms with Crippen LogP contribution in [0.4, 0.5) is 0 Å². The van der Waals surface area contributed by atoms with Gasteiger partial charge in [0.15, 0.2) is 0 Å². The average molecular weight is 999 g/mol. The van der Waals surface area contributed by atoms with Crippen LogP contribution in [0.25, 0.3) is 0 Å². The summed E-state index contributed by atoms with van der Waals surface area (Å²) in [4.78, 5) is 90.7. The highest BCUT2D eigenvalue weighted by molar-refractivity contribution is 5.91. The van der Waals surface area contributed by atoms with Gasteiger partial charge in [-0.3, -0.25) is 28.8 Å². The summed E-state index contributed by atoms with van der Waals surface area (Å²) >= 11 is 0. The third-order valence-corrected chi connectivity index (χ3v) is 15.1. The van der Waals surface area contributed by atoms with Crippen LogP contribution < -0.4 is 21.3 Å². The molecule has 14 heteroatoms. The van der Waals surface area contributed by atoms with Crippen LogP contribution in [0, 0.1) is 10.8 Å². The van der Waals surface area contributed by atoms with Gasteiger partial charge in [0.25, 0.3) is 0 Å². The number of benzene rings is 2. The fraction of sp³-hybridized carbons (Fsp3) is 0.690. The van der Waals surface area contributed by atoms with Crippen molar-refractivity contribution in [1.82, 2.24) is 40.9 Å². The molecule has 6 amide bonds. The normalized spacial score (nSPS) is 18.7. The van der Waals surface area contributed by atoms with Crippen molar-refractivity contribution in [3.05, 3.63) is 71.8 Å². The minimum Gasteiger partial charge on any atom is -0.342 e. The number of rotatable bonds is 27. The quantitative estimate of drug-likeness (QED) is 0.0665. The Hall–Kier alpha value is -4.82. The number of hydrogen-bond donors (Lipinski definition) is 4. The maximum absolute atomic E-state index is 14.3. The number of unbranched alkanes of at least 4 members (excludes halogenated alkanes) is 5. The topological polar surface area (TPSA) is 163 Å². The number of nitrogens with zero attached hydrogens (tertiary/aromatic N) is 4. The average Bonchev–Trinajstić information content (AvgIpc) is 4.03. The van der Waals surface area contributed by atoms with E-state index in [1.165, 1.54) is 11.1 Å². The zero-order valence-corrected chi connectivity index (χ0v) is 46.4. The van der Waals surface area contributed by atoms with Gasteiger partial charge in [-0.25, -0.2) is 0 Å². The van der Waals surface area contributed by atoms with Crippen molar-refractivity contribution in [2.75, 3.05) is 53.4 Å². The van der Waals surface area contributed by atoms with Gasteiger partial charge in [0, 0.05) is 64.2 Å². The third kappa shape index (κ3) is 18.0. The Morgan fingerprint density at radius 1 is 0.542 bits per heavy atom. The Labute approximate surface area is 433 Å². The molecule has 72 heavy (non-hydrogen) atoms. The van der Waals surface area contributed by atoms with Crippen molar-refractivity contribution in [2.24, 2.45) is 10.8 Å². The van der Waals surface area contributed by atoms with E-state index in [0.29, 0.717) is 52.1 Å². The summed E-state index contributed by atoms with van der Waals surface area (Å²) in [6.45, 7) is 22.9. The van der Waals surface area contributed by atoms with Gasteiger partial charge >= 0.3 is 0 Å². The molecular formula is C58H94N8O6. The van der Waals surface area contributed by atoms with E-state index in [2.05, 4.69) is 59.4 Å². The number of likely N-dealkylation sites (N-methyl/N-ethyl adjacent to an activating group) is 2. The fourth-order valence-electron chi connectivity index (χ4n) is 10.1. The molecule has 0 spiro atoms. The highest BCUT2D eigenvalue weighted by Gasteiger charge is 2.42. The van der Waals surface area contributed by atoms with E-state index in [4.69, 9.17) is 0 Å². The molecule has 8 atom stereocenters. The molecule has 2 aliphatic heterocycles. The first kappa shape index (κ1) is 59.7. The van der Waals surface area contributed by atoms with Crippen molar-refractivity contribution < 1.29 is 28.8 Å². The smallest absolute Gasteiger partial charge is 0.246 e. The Balaban J connectivity index is 1.34. The van der Waals surface area contributed by atoms with E-state index < -0.39 is 35.0 Å². The second kappa shape index (κ2) is 28.6. The zero-order chi connectivity index (χ0) is 53.2. The van der Waals surface area contributed by atoms with E-state index in [0.717, 1.165) is 64.2 Å². The number of hydrogen-bond acceptors (Lipinski definition) is 8. The molecule has 2 heterocycles. The van der Waals surface area contributed by atoms with Crippen LogP contribution in [-0.2, 0) is 28.8 Å². The molecule has 0 saturated carbocycles. The molecule has 0 aromatic heterocycles. The van der Waals surface area contributed by atoms with Gasteiger partial charge in [0.2, 0.25) is 35.4 Å². The lowest BCUT2D eigenvalue weighted by Crippen LogP contribution is -2.59. The van der Waals surface area contributed by atoms with Crippen molar-refractivity contribution in [3.63, 3.8) is 0 Å². The molecule has 2 aromatic carbocycles. The number of carbonyl (C=O) groups is 6. The molecule has 2 aliphatic rings. The number of likely N-dealkylation sites (tertiary alicyclic amines) is 2. The zero-order valence-electron chi connectivity index (χ0n) is 46.4. The molecule has 4 N–H and O–H groups in total. The number of nitrogens with one attached hydrogen (secondary N) is 4. The first-order valence-corrected chi connectivity index (χ1v) is 27.3. The Kier molecular flexibility index (Phi) is 23.7. The predicted molar refractivity (Wildman–Crippen MR) is 289 cm³/mol. The van der Waals surface area contributed by atoms with Gasteiger partial charge in [0.1, 0.15) is 12.1 Å². The molecule has 0 unspecified atom stereocenters. The number of carbonyl (C=O) groups excluding carboxylic acids is 6. The molecule has 0 aliphatic carbocycles. The van der Waals surface area contributed by atoms with Crippen molar-refractivity contribution >= 4 is 35.4 Å². The Morgan fingerprint density at radius 3 is 1.19 bits per heavy atom. The summed E-state index contributed by atoms with van der Waals surface area (Å²) in [6, 6.07) is 18.0. The number of amides is 6. The van der Waals surface area contributed by atoms with Crippen LogP contribution in [0.3, 0.4) is 0 Å². The molecule has 14 nitrogen and oxygen atoms in total. The molecule has 0 radical (unpaired) electrons. The van der Waals surface area contributed by atoms with Crippen LogP contribution in [-0.4, -0.2) is 145 Å². The predicted octanol–water partition coefficient (Wildman–Crippen LogP) is 7.63. The molecular weight excluding hydrogens is 905 g/mol. The molecule has 2 saturated heterocycles. The minimum atomic E-state index is -0.698. The summed E-state index contributed by atoms with van der Waals surface area (Å²) in [5.74, 6) is -0.211. The second-order valence-corrected chi connectivity index (χ2v) is 23.1. The van der Waals surface area contributed by atoms with Crippen LogP contribution in [0.1, 0.15) is 169 Å². The fourth-order valence-corrected chi connectivity index (χ4v) is 10.1. The van der Waals surface area contributed by atoms with Crippen LogP contribution in [0.2, 0.25) is 0 Å². The van der Waals surface area contributed by atoms with Crippen LogP contribution in [0.15, 0.2) is 60.7 Å². The van der Waals surface area contributed by atoms with Crippen LogP contribution in [0.5, 0.6) is 0 Å². The van der Waals surface area contributed by atoms with Crippen LogP contribution >= 0.6 is 0 Å². The van der Waals surface area contributed by atoms with Crippen molar-refractivity contribution in [2.45, 2.75) is 194 Å². The summed E-state index contributed by atoms with van der Waals surface area (Å²) in [5, 5.41) is 12.0. The van der Waals surface area contributed by atoms with Gasteiger partial charge in [-0.05, 0) is 100 Å². The van der Waals surface area contributed by atoms with E-state index in [9.17, 15) is 28.8 Å². The standard InChI is InChI=1S/C58H94N8O6/c1-41(45-27-19-17-20-28-45)37-63(39-47-31-25-35-65(47)55(71)51(57(5,6)7)61-53(69)43(3)59-11)49(67)33-23-15-13-14-16-24-34-50(68)64(38-42(2)46-29-21-18-22-30-46)40-48-32-26-36-66(48)56(72)52(58(8,9)10)62-54(70)44(4)60-12/h17-22,27-30,41-44,47-48,51-52,59-60H,13-16,23-26,31-40H2,1-12H3,(H,61,69)(H,62,70)/t41-,42-,43-,44-,47-,48-,51+,52+/m0/s1. The maximum atomic E-state index is 14.3. The van der Waals surface area contributed by atoms with E-state index in [1.54, 1.807) is 27.9 Å². The van der Waals surface area contributed by atoms with Crippen molar-refractivity contribution in [3.8, 4) is 0 Å². The third-order valence-electron chi connectivity index (χ3n) is 15.1. The first-order valence-electron chi connectivity index (χ1n) is 27.3. The summed E-state index contributed by atoms with van der Waals surface area (Å²) < 4.78 is 0. The molecule has 2 fully saturated rings. The van der Waals surface area contributed by atoms with E-state index in [1.807, 2.05) is 97.5 Å². The van der Waals surface area contributed by atoms with Gasteiger partial charge in [0.05, 0.1) is 12.1 Å². The Morgan fingerprint density at radius 2 is 0.875 bits per heavy atom. The van der Waals surface area contributed by atoms with E-state index >= 15 is 0 Å². The minimum absolute atomic E-state index is 0.0958.